The van der Waals surface area contributed by atoms with Crippen LogP contribution < -0.4 is 4.90 Å². The molecule has 0 saturated heterocycles. The van der Waals surface area contributed by atoms with Crippen molar-refractivity contribution in [3.63, 3.8) is 0 Å². The number of halogens is 1. The van der Waals surface area contributed by atoms with Crippen molar-refractivity contribution in [2.75, 3.05) is 32.6 Å². The number of carbonyl (C=O) groups excluding carboxylic acids is 1. The molecule has 0 aromatic heterocycles. The first-order valence-electron chi connectivity index (χ1n) is 5.27. The van der Waals surface area contributed by atoms with E-state index in [0.29, 0.717) is 5.56 Å². The molecule has 4 nitrogen and oxygen atoms in total. The molecule has 0 unspecified atom stereocenters. The molecule has 0 heterocycles. The van der Waals surface area contributed by atoms with Crippen molar-refractivity contribution >= 4 is 11.6 Å². The van der Waals surface area contributed by atoms with E-state index >= 15 is 0 Å². The van der Waals surface area contributed by atoms with Crippen LogP contribution >= 0.6 is 0 Å². The number of amides is 1. The minimum atomic E-state index is -0.439. The number of para-hydroxylation sites is 1. The maximum atomic E-state index is 13.7. The van der Waals surface area contributed by atoms with Gasteiger partial charge in [0, 0.05) is 26.7 Å². The third-order valence-corrected chi connectivity index (χ3v) is 2.49. The van der Waals surface area contributed by atoms with Gasteiger partial charge in [0.15, 0.2) is 0 Å². The fourth-order valence-electron chi connectivity index (χ4n) is 1.54. The van der Waals surface area contributed by atoms with E-state index in [0.717, 1.165) is 0 Å². The molecule has 0 aliphatic carbocycles. The summed E-state index contributed by atoms with van der Waals surface area (Å²) in [6.07, 6.45) is 0. The average molecular weight is 240 g/mol. The number of benzene rings is 1. The lowest BCUT2D eigenvalue weighted by molar-refractivity contribution is -0.127. The highest BCUT2D eigenvalue weighted by molar-refractivity contribution is 5.81. The van der Waals surface area contributed by atoms with Crippen LogP contribution in [0.25, 0.3) is 0 Å². The number of likely N-dealkylation sites (N-methyl/N-ethyl adjacent to an activating group) is 2. The van der Waals surface area contributed by atoms with Gasteiger partial charge in [0.05, 0.1) is 18.8 Å². The van der Waals surface area contributed by atoms with E-state index in [1.807, 2.05) is 0 Å². The zero-order valence-corrected chi connectivity index (χ0v) is 10.3. The van der Waals surface area contributed by atoms with E-state index in [-0.39, 0.29) is 24.7 Å². The third kappa shape index (κ3) is 3.17. The lowest BCUT2D eigenvalue weighted by Crippen LogP contribution is -2.35. The van der Waals surface area contributed by atoms with Crippen LogP contribution in [0.3, 0.4) is 0 Å². The monoisotopic (exact) mass is 240 g/mol. The van der Waals surface area contributed by atoms with Gasteiger partial charge in [-0.3, -0.25) is 4.79 Å². The Balaban J connectivity index is 2.95. The lowest BCUT2D eigenvalue weighted by Gasteiger charge is -2.23. The summed E-state index contributed by atoms with van der Waals surface area (Å²) < 4.78 is 13.7. The summed E-state index contributed by atoms with van der Waals surface area (Å²) in [5, 5.41) is 9.15. The van der Waals surface area contributed by atoms with Crippen LogP contribution in [0, 0.1) is 5.82 Å². The van der Waals surface area contributed by atoms with Crippen LogP contribution in [0.15, 0.2) is 18.2 Å². The molecule has 0 aliphatic heterocycles. The van der Waals surface area contributed by atoms with Crippen molar-refractivity contribution in [3.8, 4) is 0 Å². The molecule has 0 bridgehead atoms. The summed E-state index contributed by atoms with van der Waals surface area (Å²) in [5.41, 5.74) is 0.740. The highest BCUT2D eigenvalue weighted by Gasteiger charge is 2.15. The van der Waals surface area contributed by atoms with E-state index in [1.54, 1.807) is 27.2 Å². The molecule has 0 fully saturated rings. The fraction of sp³-hybridized carbons (Fsp3) is 0.417. The van der Waals surface area contributed by atoms with Gasteiger partial charge in [-0.1, -0.05) is 12.1 Å². The number of nitrogens with zero attached hydrogens (tertiary/aromatic N) is 2. The second-order valence-corrected chi connectivity index (χ2v) is 4.05. The second-order valence-electron chi connectivity index (χ2n) is 4.05. The minimum Gasteiger partial charge on any atom is -0.392 e. The van der Waals surface area contributed by atoms with Crippen molar-refractivity contribution in [3.05, 3.63) is 29.6 Å². The Morgan fingerprint density at radius 3 is 2.53 bits per heavy atom. The Labute approximate surface area is 100 Å². The van der Waals surface area contributed by atoms with Gasteiger partial charge in [-0.15, -0.1) is 0 Å². The lowest BCUT2D eigenvalue weighted by atomic mass is 10.1. The molecule has 94 valence electrons. The summed E-state index contributed by atoms with van der Waals surface area (Å²) in [7, 11) is 4.91. The quantitative estimate of drug-likeness (QED) is 0.848. The Bertz CT molecular complexity index is 407. The van der Waals surface area contributed by atoms with E-state index in [9.17, 15) is 9.18 Å². The molecule has 0 saturated carbocycles. The van der Waals surface area contributed by atoms with Gasteiger partial charge < -0.3 is 14.9 Å². The number of anilines is 1. The predicted molar refractivity (Wildman–Crippen MR) is 64.3 cm³/mol. The summed E-state index contributed by atoms with van der Waals surface area (Å²) in [6.45, 7) is -0.186. The number of rotatable bonds is 4. The highest BCUT2D eigenvalue weighted by Crippen LogP contribution is 2.23. The van der Waals surface area contributed by atoms with Crippen molar-refractivity contribution in [1.29, 1.82) is 0 Å². The van der Waals surface area contributed by atoms with Crippen LogP contribution in [0.4, 0.5) is 10.1 Å². The van der Waals surface area contributed by atoms with E-state index in [4.69, 9.17) is 5.11 Å². The number of hydrogen-bond acceptors (Lipinski definition) is 3. The van der Waals surface area contributed by atoms with Crippen LogP contribution in [-0.4, -0.2) is 43.6 Å². The molecule has 1 aromatic rings. The molecule has 0 radical (unpaired) electrons. The Hall–Kier alpha value is -1.62. The van der Waals surface area contributed by atoms with Gasteiger partial charge in [-0.2, -0.15) is 0 Å². The zero-order chi connectivity index (χ0) is 13.0. The van der Waals surface area contributed by atoms with Crippen molar-refractivity contribution < 1.29 is 14.3 Å². The SMILES string of the molecule is CN(C)C(=O)CN(C)c1c(F)cccc1CO. The van der Waals surface area contributed by atoms with Crippen LogP contribution in [-0.2, 0) is 11.4 Å². The van der Waals surface area contributed by atoms with Gasteiger partial charge in [-0.05, 0) is 6.07 Å². The van der Waals surface area contributed by atoms with E-state index in [2.05, 4.69) is 0 Å². The van der Waals surface area contributed by atoms with Gasteiger partial charge in [0.1, 0.15) is 5.82 Å². The molecule has 17 heavy (non-hydrogen) atoms. The number of aliphatic hydroxyl groups excluding tert-OH is 1. The molecule has 1 rings (SSSR count). The standard InChI is InChI=1S/C12H17FN2O2/c1-14(2)11(17)7-15(3)12-9(8-16)5-4-6-10(12)13/h4-6,16H,7-8H2,1-3H3. The number of hydrogen-bond donors (Lipinski definition) is 1. The van der Waals surface area contributed by atoms with Crippen molar-refractivity contribution in [1.82, 2.24) is 4.90 Å². The Morgan fingerprint density at radius 1 is 1.35 bits per heavy atom. The molecular weight excluding hydrogens is 223 g/mol. The average Bonchev–Trinajstić information content (AvgIpc) is 2.27. The van der Waals surface area contributed by atoms with Crippen LogP contribution in [0.1, 0.15) is 5.56 Å². The topological polar surface area (TPSA) is 43.8 Å². The first-order valence-corrected chi connectivity index (χ1v) is 5.27. The summed E-state index contributed by atoms with van der Waals surface area (Å²) in [5.74, 6) is -0.565. The third-order valence-electron chi connectivity index (χ3n) is 2.49. The molecule has 1 N–H and O–H groups in total. The van der Waals surface area contributed by atoms with Crippen LogP contribution in [0.5, 0.6) is 0 Å². The molecule has 0 aliphatic rings. The molecule has 1 amide bonds. The summed E-state index contributed by atoms with van der Waals surface area (Å²) >= 11 is 0. The normalized spacial score (nSPS) is 10.2. The summed E-state index contributed by atoms with van der Waals surface area (Å²) in [4.78, 5) is 14.5. The summed E-state index contributed by atoms with van der Waals surface area (Å²) in [6, 6.07) is 4.48. The van der Waals surface area contributed by atoms with Gasteiger partial charge in [-0.25, -0.2) is 4.39 Å². The van der Waals surface area contributed by atoms with Gasteiger partial charge >= 0.3 is 0 Å². The first kappa shape index (κ1) is 13.4. The first-order chi connectivity index (χ1) is 7.97. The molecule has 0 spiro atoms. The fourth-order valence-corrected chi connectivity index (χ4v) is 1.54. The molecule has 0 atom stereocenters. The van der Waals surface area contributed by atoms with Crippen molar-refractivity contribution in [2.45, 2.75) is 6.61 Å². The molecular formula is C12H17FN2O2. The molecule has 5 heteroatoms. The second kappa shape index (κ2) is 5.63. The maximum absolute atomic E-state index is 13.7. The minimum absolute atomic E-state index is 0.0704. The molecule has 1 aromatic carbocycles. The Kier molecular flexibility index (Phi) is 4.45. The van der Waals surface area contributed by atoms with E-state index < -0.39 is 5.82 Å². The van der Waals surface area contributed by atoms with Gasteiger partial charge in [0.2, 0.25) is 5.91 Å². The highest BCUT2D eigenvalue weighted by atomic mass is 19.1. The predicted octanol–water partition coefficient (Wildman–Crippen LogP) is 0.842. The largest absolute Gasteiger partial charge is 0.392 e. The number of carbonyl (C=O) groups is 1. The van der Waals surface area contributed by atoms with Crippen molar-refractivity contribution in [2.24, 2.45) is 0 Å². The number of aliphatic hydroxyl groups is 1. The Morgan fingerprint density at radius 2 is 2.00 bits per heavy atom. The van der Waals surface area contributed by atoms with E-state index in [1.165, 1.54) is 21.9 Å². The maximum Gasteiger partial charge on any atom is 0.241 e. The van der Waals surface area contributed by atoms with Gasteiger partial charge in [0.25, 0.3) is 0 Å². The zero-order valence-electron chi connectivity index (χ0n) is 10.3. The smallest absolute Gasteiger partial charge is 0.241 e. The van der Waals surface area contributed by atoms with Crippen LogP contribution in [0.2, 0.25) is 0 Å².